The Kier molecular flexibility index (Phi) is 2.59. The number of hydrogen-bond donors (Lipinski definition) is 2. The van der Waals surface area contributed by atoms with Gasteiger partial charge in [0, 0.05) is 6.92 Å². The van der Waals surface area contributed by atoms with E-state index in [-0.39, 0.29) is 6.92 Å². The number of carboxylic acids is 1. The van der Waals surface area contributed by atoms with E-state index in [1.54, 1.807) is 0 Å². The van der Waals surface area contributed by atoms with Crippen LogP contribution in [0, 0.1) is 0 Å². The molecular formula is C5H5F5O3. The molecule has 3 nitrogen and oxygen atoms in total. The van der Waals surface area contributed by atoms with Crippen LogP contribution in [-0.2, 0) is 4.79 Å². The van der Waals surface area contributed by atoms with E-state index in [0.29, 0.717) is 0 Å². The molecule has 0 aliphatic rings. The van der Waals surface area contributed by atoms with Crippen molar-refractivity contribution in [2.45, 2.75) is 24.6 Å². The fourth-order valence-electron chi connectivity index (χ4n) is 0.558. The lowest BCUT2D eigenvalue weighted by molar-refractivity contribution is -0.317. The van der Waals surface area contributed by atoms with E-state index in [1.807, 2.05) is 0 Å². The van der Waals surface area contributed by atoms with Crippen molar-refractivity contribution in [2.24, 2.45) is 0 Å². The molecule has 0 rings (SSSR count). The van der Waals surface area contributed by atoms with Crippen molar-refractivity contribution in [3.8, 4) is 0 Å². The lowest BCUT2D eigenvalue weighted by atomic mass is 9.96. The Morgan fingerprint density at radius 1 is 1.15 bits per heavy atom. The molecule has 0 saturated carbocycles. The van der Waals surface area contributed by atoms with Crippen LogP contribution < -0.4 is 0 Å². The molecule has 0 aromatic rings. The van der Waals surface area contributed by atoms with E-state index in [2.05, 4.69) is 0 Å². The van der Waals surface area contributed by atoms with Gasteiger partial charge in [0.05, 0.1) is 0 Å². The molecule has 13 heavy (non-hydrogen) atoms. The fraction of sp³-hybridized carbons (Fsp3) is 0.800. The number of carbonyl (C=O) groups is 1. The summed E-state index contributed by atoms with van der Waals surface area (Å²) < 4.78 is 59.6. The minimum Gasteiger partial charge on any atom is -0.479 e. The predicted octanol–water partition coefficient (Wildman–Crippen LogP) is 1.02. The van der Waals surface area contributed by atoms with Gasteiger partial charge in [-0.25, -0.2) is 13.6 Å². The van der Waals surface area contributed by atoms with Crippen molar-refractivity contribution < 1.29 is 37.0 Å². The van der Waals surface area contributed by atoms with Crippen LogP contribution in [0.4, 0.5) is 22.0 Å². The predicted molar refractivity (Wildman–Crippen MR) is 29.3 cm³/mol. The zero-order valence-electron chi connectivity index (χ0n) is 6.19. The summed E-state index contributed by atoms with van der Waals surface area (Å²) in [7, 11) is 0. The Labute approximate surface area is 68.8 Å². The SMILES string of the molecule is CC(F)(F)[C@@](O)(C(=O)O)C(F)(F)F. The van der Waals surface area contributed by atoms with Crippen molar-refractivity contribution in [3.63, 3.8) is 0 Å². The zero-order chi connectivity index (χ0) is 11.1. The van der Waals surface area contributed by atoms with E-state index in [1.165, 1.54) is 0 Å². The number of rotatable bonds is 2. The highest BCUT2D eigenvalue weighted by atomic mass is 19.4. The molecule has 0 aromatic heterocycles. The number of halogens is 5. The topological polar surface area (TPSA) is 57.5 Å². The molecule has 0 bridgehead atoms. The summed E-state index contributed by atoms with van der Waals surface area (Å²) in [6, 6.07) is 0. The molecule has 0 heterocycles. The lowest BCUT2D eigenvalue weighted by Gasteiger charge is -2.30. The standard InChI is InChI=1S/C5H5F5O3/c1-3(6,7)4(13,2(11)12)5(8,9)10/h13H,1H3,(H,11,12)/t4-/m0/s1. The molecule has 0 fully saturated rings. The number of alkyl halides is 5. The summed E-state index contributed by atoms with van der Waals surface area (Å²) >= 11 is 0. The molecule has 2 N–H and O–H groups in total. The maximum absolute atomic E-state index is 12.2. The van der Waals surface area contributed by atoms with Crippen LogP contribution in [-0.4, -0.2) is 33.9 Å². The van der Waals surface area contributed by atoms with Gasteiger partial charge in [-0.05, 0) is 0 Å². The van der Waals surface area contributed by atoms with E-state index >= 15 is 0 Å². The largest absolute Gasteiger partial charge is 0.479 e. The number of carboxylic acid groups (broad SMARTS) is 1. The summed E-state index contributed by atoms with van der Waals surface area (Å²) in [4.78, 5) is 9.86. The van der Waals surface area contributed by atoms with Gasteiger partial charge < -0.3 is 10.2 Å². The maximum atomic E-state index is 12.2. The highest BCUT2D eigenvalue weighted by Crippen LogP contribution is 2.41. The molecule has 8 heteroatoms. The Morgan fingerprint density at radius 3 is 1.46 bits per heavy atom. The van der Waals surface area contributed by atoms with Crippen molar-refractivity contribution in [1.29, 1.82) is 0 Å². The van der Waals surface area contributed by atoms with Gasteiger partial charge >= 0.3 is 17.7 Å². The highest BCUT2D eigenvalue weighted by Gasteiger charge is 2.72. The van der Waals surface area contributed by atoms with Gasteiger partial charge in [-0.1, -0.05) is 0 Å². The molecule has 0 aromatic carbocycles. The molecule has 78 valence electrons. The summed E-state index contributed by atoms with van der Waals surface area (Å²) in [6.07, 6.45) is -5.93. The zero-order valence-corrected chi connectivity index (χ0v) is 6.19. The molecule has 1 atom stereocenters. The Bertz CT molecular complexity index is 201. The minimum absolute atomic E-state index is 0.325. The monoisotopic (exact) mass is 208 g/mol. The van der Waals surface area contributed by atoms with Gasteiger partial charge in [0.1, 0.15) is 0 Å². The summed E-state index contributed by atoms with van der Waals surface area (Å²) in [5.74, 6) is -7.84. The molecule has 0 aliphatic carbocycles. The van der Waals surface area contributed by atoms with E-state index in [9.17, 15) is 26.7 Å². The Morgan fingerprint density at radius 2 is 1.46 bits per heavy atom. The molecule has 0 saturated heterocycles. The maximum Gasteiger partial charge on any atom is 0.434 e. The van der Waals surface area contributed by atoms with E-state index < -0.39 is 23.7 Å². The fourth-order valence-corrected chi connectivity index (χ4v) is 0.558. The van der Waals surface area contributed by atoms with Crippen LogP contribution in [0.25, 0.3) is 0 Å². The first kappa shape index (κ1) is 12.1. The average molecular weight is 208 g/mol. The van der Waals surface area contributed by atoms with Crippen LogP contribution >= 0.6 is 0 Å². The molecular weight excluding hydrogens is 203 g/mol. The van der Waals surface area contributed by atoms with Crippen molar-refractivity contribution >= 4 is 5.97 Å². The third kappa shape index (κ3) is 1.71. The normalized spacial score (nSPS) is 18.1. The molecule has 0 amide bonds. The van der Waals surface area contributed by atoms with Crippen LogP contribution in [0.2, 0.25) is 0 Å². The van der Waals surface area contributed by atoms with Gasteiger partial charge in [-0.2, -0.15) is 13.2 Å². The number of hydrogen-bond acceptors (Lipinski definition) is 2. The van der Waals surface area contributed by atoms with Crippen LogP contribution in [0.3, 0.4) is 0 Å². The quantitative estimate of drug-likeness (QED) is 0.666. The number of aliphatic hydroxyl groups is 1. The van der Waals surface area contributed by atoms with Crippen molar-refractivity contribution in [1.82, 2.24) is 0 Å². The van der Waals surface area contributed by atoms with Gasteiger partial charge in [0.25, 0.3) is 5.92 Å². The molecule has 0 spiro atoms. The lowest BCUT2D eigenvalue weighted by Crippen LogP contribution is -2.62. The van der Waals surface area contributed by atoms with Crippen LogP contribution in [0.1, 0.15) is 6.92 Å². The second-order valence-corrected chi connectivity index (χ2v) is 2.40. The summed E-state index contributed by atoms with van der Waals surface area (Å²) in [5, 5.41) is 16.1. The first-order valence-corrected chi connectivity index (χ1v) is 2.85. The summed E-state index contributed by atoms with van der Waals surface area (Å²) in [6.45, 7) is -0.325. The third-order valence-corrected chi connectivity index (χ3v) is 1.36. The average Bonchev–Trinajstić information content (AvgIpc) is 1.80. The first-order chi connectivity index (χ1) is 5.44. The Balaban J connectivity index is 5.35. The van der Waals surface area contributed by atoms with Crippen LogP contribution in [0.15, 0.2) is 0 Å². The van der Waals surface area contributed by atoms with E-state index in [0.717, 1.165) is 0 Å². The third-order valence-electron chi connectivity index (χ3n) is 1.36. The van der Waals surface area contributed by atoms with E-state index in [4.69, 9.17) is 10.2 Å². The summed E-state index contributed by atoms with van der Waals surface area (Å²) in [5.41, 5.74) is -5.04. The molecule has 0 unspecified atom stereocenters. The number of aliphatic carboxylic acids is 1. The van der Waals surface area contributed by atoms with Crippen LogP contribution in [0.5, 0.6) is 0 Å². The van der Waals surface area contributed by atoms with Gasteiger partial charge in [-0.15, -0.1) is 0 Å². The second kappa shape index (κ2) is 2.79. The van der Waals surface area contributed by atoms with Gasteiger partial charge in [0.15, 0.2) is 0 Å². The first-order valence-electron chi connectivity index (χ1n) is 2.85. The highest BCUT2D eigenvalue weighted by molar-refractivity contribution is 5.79. The van der Waals surface area contributed by atoms with Crippen molar-refractivity contribution in [2.75, 3.05) is 0 Å². The smallest absolute Gasteiger partial charge is 0.434 e. The minimum atomic E-state index is -5.93. The van der Waals surface area contributed by atoms with Crippen molar-refractivity contribution in [3.05, 3.63) is 0 Å². The molecule has 0 aliphatic heterocycles. The Hall–Kier alpha value is -0.920. The van der Waals surface area contributed by atoms with Gasteiger partial charge in [-0.3, -0.25) is 0 Å². The van der Waals surface area contributed by atoms with Gasteiger partial charge in [0.2, 0.25) is 0 Å². The molecule has 0 radical (unpaired) electrons. The second-order valence-electron chi connectivity index (χ2n) is 2.40.